The van der Waals surface area contributed by atoms with Gasteiger partial charge in [0, 0.05) is 18.3 Å². The van der Waals surface area contributed by atoms with Crippen molar-refractivity contribution in [1.29, 1.82) is 0 Å². The van der Waals surface area contributed by atoms with Crippen LogP contribution in [0.5, 0.6) is 5.88 Å². The first-order valence-corrected chi connectivity index (χ1v) is 13.4. The molecular weight excluding hydrogens is 652 g/mol. The van der Waals surface area contributed by atoms with Crippen molar-refractivity contribution in [3.63, 3.8) is 0 Å². The normalized spacial score (nSPS) is 11.6. The molecule has 0 saturated heterocycles. The van der Waals surface area contributed by atoms with E-state index >= 15 is 0 Å². The Bertz CT molecular complexity index is 1850. The molecule has 0 aliphatic carbocycles. The number of amides is 2. The second-order valence-electron chi connectivity index (χ2n) is 9.11. The highest BCUT2D eigenvalue weighted by molar-refractivity contribution is 6.39. The number of fused-ring (bicyclic) bond motifs is 1. The van der Waals surface area contributed by atoms with Crippen molar-refractivity contribution in [2.24, 2.45) is 0 Å². The summed E-state index contributed by atoms with van der Waals surface area (Å²) in [6.07, 6.45) is -6.16. The van der Waals surface area contributed by atoms with Crippen molar-refractivity contribution in [2.75, 3.05) is 17.2 Å². The van der Waals surface area contributed by atoms with Gasteiger partial charge in [-0.25, -0.2) is 8.78 Å². The molecule has 2 amide bonds. The number of carbonyl (C=O) groups excluding carboxylic acids is 2. The number of aromatic nitrogens is 4. The molecule has 3 aromatic heterocycles. The Balaban J connectivity index is 1.40. The summed E-state index contributed by atoms with van der Waals surface area (Å²) in [7, 11) is 0. The highest BCUT2D eigenvalue weighted by Crippen LogP contribution is 2.36. The van der Waals surface area contributed by atoms with E-state index in [1.54, 1.807) is 6.07 Å². The van der Waals surface area contributed by atoms with Gasteiger partial charge in [-0.05, 0) is 42.0 Å². The van der Waals surface area contributed by atoms with Gasteiger partial charge in [-0.3, -0.25) is 9.59 Å². The molecule has 45 heavy (non-hydrogen) atoms. The topological polar surface area (TPSA) is 147 Å². The van der Waals surface area contributed by atoms with Crippen LogP contribution in [0.3, 0.4) is 0 Å². The average Bonchev–Trinajstić information content (AvgIpc) is 3.67. The minimum Gasteiger partial charge on any atom is -0.471 e. The van der Waals surface area contributed by atoms with E-state index in [9.17, 15) is 31.5 Å². The summed E-state index contributed by atoms with van der Waals surface area (Å²) >= 11 is 12.9. The lowest BCUT2D eigenvalue weighted by molar-refractivity contribution is -0.137. The minimum absolute atomic E-state index is 0.000977. The van der Waals surface area contributed by atoms with E-state index in [0.29, 0.717) is 5.56 Å². The molecule has 0 saturated carbocycles. The Morgan fingerprint density at radius 1 is 1.02 bits per heavy atom. The fourth-order valence-corrected chi connectivity index (χ4v) is 4.43. The third-order valence-corrected chi connectivity index (χ3v) is 6.76. The maximum atomic E-state index is 13.0. The van der Waals surface area contributed by atoms with E-state index in [1.807, 2.05) is 0 Å². The SMILES string of the molecule is O=C(NCc1ccc(Cl)c(Nc2nc3nc(OCC(F)F)c(C(=O)Nc4ccc(C(F)(F)F)cc4)cc3[nH]2)c1Cl)c1ccno1. The molecule has 0 aliphatic rings. The van der Waals surface area contributed by atoms with Crippen molar-refractivity contribution < 1.29 is 40.8 Å². The molecule has 0 fully saturated rings. The smallest absolute Gasteiger partial charge is 0.416 e. The predicted molar refractivity (Wildman–Crippen MR) is 152 cm³/mol. The fourth-order valence-electron chi connectivity index (χ4n) is 3.90. The molecule has 0 aliphatic heterocycles. The number of hydrogen-bond acceptors (Lipinski definition) is 8. The Kier molecular flexibility index (Phi) is 9.06. The lowest BCUT2D eigenvalue weighted by atomic mass is 10.2. The fraction of sp³-hybridized carbons (Fsp3) is 0.148. The number of aromatic amines is 1. The predicted octanol–water partition coefficient (Wildman–Crippen LogP) is 6.84. The highest BCUT2D eigenvalue weighted by Gasteiger charge is 2.30. The monoisotopic (exact) mass is 669 g/mol. The minimum atomic E-state index is -4.58. The molecule has 18 heteroatoms. The Morgan fingerprint density at radius 2 is 1.78 bits per heavy atom. The van der Waals surface area contributed by atoms with Crippen molar-refractivity contribution in [2.45, 2.75) is 19.1 Å². The number of rotatable bonds is 10. The largest absolute Gasteiger partial charge is 0.471 e. The first kappa shape index (κ1) is 31.5. The van der Waals surface area contributed by atoms with Crippen molar-refractivity contribution in [3.05, 3.63) is 87.2 Å². The molecule has 0 spiro atoms. The number of halogens is 7. The molecule has 2 aromatic carbocycles. The zero-order valence-corrected chi connectivity index (χ0v) is 23.8. The van der Waals surface area contributed by atoms with Crippen molar-refractivity contribution in [3.8, 4) is 5.88 Å². The van der Waals surface area contributed by atoms with E-state index in [1.165, 1.54) is 24.4 Å². The third-order valence-electron chi connectivity index (χ3n) is 6.01. The number of pyridine rings is 1. The number of nitrogens with one attached hydrogen (secondary N) is 4. The highest BCUT2D eigenvalue weighted by atomic mass is 35.5. The summed E-state index contributed by atoms with van der Waals surface area (Å²) in [5.41, 5.74) is -0.463. The van der Waals surface area contributed by atoms with E-state index in [-0.39, 0.29) is 56.4 Å². The van der Waals surface area contributed by atoms with Crippen LogP contribution in [0, 0.1) is 0 Å². The number of anilines is 3. The number of carbonyl (C=O) groups is 2. The zero-order chi connectivity index (χ0) is 32.3. The van der Waals surface area contributed by atoms with Gasteiger partial charge in [-0.2, -0.15) is 23.1 Å². The summed E-state index contributed by atoms with van der Waals surface area (Å²) in [4.78, 5) is 36.4. The Morgan fingerprint density at radius 3 is 2.44 bits per heavy atom. The van der Waals surface area contributed by atoms with Gasteiger partial charge in [0.2, 0.25) is 17.6 Å². The van der Waals surface area contributed by atoms with Crippen LogP contribution in [-0.4, -0.2) is 45.0 Å². The molecular formula is C27H18Cl2F5N7O4. The van der Waals surface area contributed by atoms with Gasteiger partial charge in [0.15, 0.2) is 12.3 Å². The first-order valence-electron chi connectivity index (χ1n) is 12.6. The molecule has 3 heterocycles. The van der Waals surface area contributed by atoms with E-state index < -0.39 is 42.5 Å². The lowest BCUT2D eigenvalue weighted by Gasteiger charge is -2.12. The summed E-state index contributed by atoms with van der Waals surface area (Å²) in [5.74, 6) is -1.89. The van der Waals surface area contributed by atoms with Gasteiger partial charge in [0.25, 0.3) is 18.2 Å². The van der Waals surface area contributed by atoms with Crippen LogP contribution in [0.1, 0.15) is 32.0 Å². The number of hydrogen-bond donors (Lipinski definition) is 4. The molecule has 11 nitrogen and oxygen atoms in total. The number of benzene rings is 2. The molecule has 0 bridgehead atoms. The quantitative estimate of drug-likeness (QED) is 0.118. The van der Waals surface area contributed by atoms with Crippen LogP contribution in [0.25, 0.3) is 11.2 Å². The van der Waals surface area contributed by atoms with Crippen LogP contribution in [0.2, 0.25) is 10.0 Å². The number of ether oxygens (including phenoxy) is 1. The lowest BCUT2D eigenvalue weighted by Crippen LogP contribution is -2.22. The number of H-pyrrole nitrogens is 1. The summed E-state index contributed by atoms with van der Waals surface area (Å²) in [6.45, 7) is -1.10. The second kappa shape index (κ2) is 13.0. The Hall–Kier alpha value is -4.96. The summed E-state index contributed by atoms with van der Waals surface area (Å²) < 4.78 is 74.4. The molecule has 0 unspecified atom stereocenters. The Labute approximate surface area is 259 Å². The maximum Gasteiger partial charge on any atom is 0.416 e. The summed E-state index contributed by atoms with van der Waals surface area (Å²) in [5, 5.41) is 11.7. The van der Waals surface area contributed by atoms with Crippen LogP contribution in [0.4, 0.5) is 39.3 Å². The van der Waals surface area contributed by atoms with Crippen molar-refractivity contribution in [1.82, 2.24) is 25.4 Å². The molecule has 234 valence electrons. The van der Waals surface area contributed by atoms with Gasteiger partial charge < -0.3 is 30.2 Å². The van der Waals surface area contributed by atoms with Crippen LogP contribution in [-0.2, 0) is 12.7 Å². The standard InChI is InChI=1S/C27H18Cl2F5N7O4/c28-16-6-1-12(10-35-24(43)18-7-8-36-45-18)20(29)21(16)39-26-38-17-9-15(25(40-22(17)41-26)44-11-19(30)31)23(42)37-14-4-2-13(3-5-14)27(32,33)34/h1-9,19H,10-11H2,(H,35,43)(H,37,42)(H2,38,39,40,41). The maximum absolute atomic E-state index is 13.0. The van der Waals surface area contributed by atoms with E-state index in [0.717, 1.165) is 24.3 Å². The van der Waals surface area contributed by atoms with E-state index in [4.69, 9.17) is 32.5 Å². The van der Waals surface area contributed by atoms with Gasteiger partial charge >= 0.3 is 6.18 Å². The molecule has 4 N–H and O–H groups in total. The first-order chi connectivity index (χ1) is 21.4. The molecule has 5 rings (SSSR count). The van der Waals surface area contributed by atoms with Gasteiger partial charge in [-0.1, -0.05) is 34.4 Å². The van der Waals surface area contributed by atoms with E-state index in [2.05, 4.69) is 36.1 Å². The summed E-state index contributed by atoms with van der Waals surface area (Å²) in [6, 6.07) is 9.32. The third kappa shape index (κ3) is 7.41. The van der Waals surface area contributed by atoms with Crippen LogP contribution < -0.4 is 20.7 Å². The number of alkyl halides is 5. The molecule has 5 aromatic rings. The molecule has 0 radical (unpaired) electrons. The van der Waals surface area contributed by atoms with Gasteiger partial charge in [0.1, 0.15) is 5.56 Å². The van der Waals surface area contributed by atoms with Crippen LogP contribution in [0.15, 0.2) is 59.3 Å². The second-order valence-corrected chi connectivity index (χ2v) is 9.89. The van der Waals surface area contributed by atoms with Gasteiger partial charge in [0.05, 0.1) is 33.0 Å². The van der Waals surface area contributed by atoms with Gasteiger partial charge in [-0.15, -0.1) is 0 Å². The van der Waals surface area contributed by atoms with Crippen molar-refractivity contribution >= 4 is 63.5 Å². The molecule has 0 atom stereocenters. The number of imidazole rings is 1. The average molecular weight is 670 g/mol. The number of nitrogens with zero attached hydrogens (tertiary/aromatic N) is 3. The van der Waals surface area contributed by atoms with Crippen LogP contribution >= 0.6 is 23.2 Å². The zero-order valence-electron chi connectivity index (χ0n) is 22.3.